The molecule has 0 N–H and O–H groups in total. The van der Waals surface area contributed by atoms with Crippen LogP contribution in [-0.4, -0.2) is 9.78 Å². The molecule has 2 aromatic rings. The molecule has 2 rings (SSSR count). The molecule has 0 atom stereocenters. The first-order chi connectivity index (χ1) is 7.79. The fraction of sp³-hybridized carbons (Fsp3) is 0.214. The van der Waals surface area contributed by atoms with Crippen LogP contribution in [0.25, 0.3) is 11.1 Å². The third kappa shape index (κ3) is 2.32. The quantitative estimate of drug-likeness (QED) is 0.662. The van der Waals surface area contributed by atoms with E-state index in [0.29, 0.717) is 0 Å². The molecule has 2 heteroatoms. The van der Waals surface area contributed by atoms with E-state index in [2.05, 4.69) is 36.0 Å². The van der Waals surface area contributed by atoms with E-state index in [9.17, 15) is 0 Å². The zero-order valence-electron chi connectivity index (χ0n) is 9.57. The van der Waals surface area contributed by atoms with Gasteiger partial charge < -0.3 is 0 Å². The second-order valence-electron chi connectivity index (χ2n) is 3.64. The molecule has 0 aliphatic rings. The van der Waals surface area contributed by atoms with Gasteiger partial charge in [-0.15, -0.1) is 0 Å². The summed E-state index contributed by atoms with van der Waals surface area (Å²) in [5.74, 6) is 6.17. The standard InChI is InChI=1S/C14H14N2/c1-3-4-5-12-6-8-13(9-7-12)14-10-15-16(2)11-14/h6-11H,3H2,1-2H3. The summed E-state index contributed by atoms with van der Waals surface area (Å²) < 4.78 is 1.81. The van der Waals surface area contributed by atoms with Crippen LogP contribution in [-0.2, 0) is 7.05 Å². The van der Waals surface area contributed by atoms with Crippen LogP contribution in [0.15, 0.2) is 36.7 Å². The second-order valence-corrected chi connectivity index (χ2v) is 3.64. The number of rotatable bonds is 1. The molecule has 80 valence electrons. The lowest BCUT2D eigenvalue weighted by molar-refractivity contribution is 0.768. The molecule has 1 aromatic heterocycles. The highest BCUT2D eigenvalue weighted by atomic mass is 15.2. The van der Waals surface area contributed by atoms with Crippen LogP contribution in [0.5, 0.6) is 0 Å². The summed E-state index contributed by atoms with van der Waals surface area (Å²) in [7, 11) is 1.92. The third-order valence-corrected chi connectivity index (χ3v) is 2.33. The zero-order valence-corrected chi connectivity index (χ0v) is 9.57. The Labute approximate surface area is 95.9 Å². The zero-order chi connectivity index (χ0) is 11.4. The topological polar surface area (TPSA) is 17.8 Å². The number of hydrogen-bond donors (Lipinski definition) is 0. The van der Waals surface area contributed by atoms with Crippen molar-refractivity contribution in [2.24, 2.45) is 7.05 Å². The van der Waals surface area contributed by atoms with E-state index < -0.39 is 0 Å². The molecule has 0 saturated carbocycles. The molecule has 0 amide bonds. The fourth-order valence-electron chi connectivity index (χ4n) is 1.51. The van der Waals surface area contributed by atoms with Gasteiger partial charge in [0.25, 0.3) is 0 Å². The first kappa shape index (κ1) is 10.5. The second kappa shape index (κ2) is 4.67. The molecule has 1 heterocycles. The van der Waals surface area contributed by atoms with Crippen LogP contribution in [0.1, 0.15) is 18.9 Å². The summed E-state index contributed by atoms with van der Waals surface area (Å²) in [6.07, 6.45) is 4.77. The van der Waals surface area contributed by atoms with Crippen molar-refractivity contribution in [1.29, 1.82) is 0 Å². The fourth-order valence-corrected chi connectivity index (χ4v) is 1.51. The van der Waals surface area contributed by atoms with Crippen molar-refractivity contribution in [3.8, 4) is 23.0 Å². The number of hydrogen-bond acceptors (Lipinski definition) is 1. The number of nitrogens with zero attached hydrogens (tertiary/aromatic N) is 2. The minimum Gasteiger partial charge on any atom is -0.275 e. The molecule has 0 bridgehead atoms. The Morgan fingerprint density at radius 2 is 1.94 bits per heavy atom. The molecule has 0 fully saturated rings. The largest absolute Gasteiger partial charge is 0.275 e. The molecular weight excluding hydrogens is 196 g/mol. The normalized spacial score (nSPS) is 9.62. The van der Waals surface area contributed by atoms with Crippen LogP contribution in [0.2, 0.25) is 0 Å². The van der Waals surface area contributed by atoms with Gasteiger partial charge in [-0.05, 0) is 17.7 Å². The Balaban J connectivity index is 2.25. The maximum Gasteiger partial charge on any atom is 0.0568 e. The van der Waals surface area contributed by atoms with Gasteiger partial charge in [0, 0.05) is 30.8 Å². The van der Waals surface area contributed by atoms with Crippen molar-refractivity contribution in [1.82, 2.24) is 9.78 Å². The molecular formula is C14H14N2. The maximum atomic E-state index is 4.15. The average molecular weight is 210 g/mol. The minimum absolute atomic E-state index is 0.893. The summed E-state index contributed by atoms with van der Waals surface area (Å²) in [4.78, 5) is 0. The SMILES string of the molecule is CCC#Cc1ccc(-c2cnn(C)c2)cc1. The van der Waals surface area contributed by atoms with Gasteiger partial charge >= 0.3 is 0 Å². The average Bonchev–Trinajstić information content (AvgIpc) is 2.74. The Hall–Kier alpha value is -2.01. The van der Waals surface area contributed by atoms with Gasteiger partial charge in [-0.2, -0.15) is 5.10 Å². The monoisotopic (exact) mass is 210 g/mol. The van der Waals surface area contributed by atoms with Crippen LogP contribution in [0.4, 0.5) is 0 Å². The molecule has 0 unspecified atom stereocenters. The van der Waals surface area contributed by atoms with Crippen molar-refractivity contribution >= 4 is 0 Å². The summed E-state index contributed by atoms with van der Waals surface area (Å²) in [6, 6.07) is 8.25. The van der Waals surface area contributed by atoms with Crippen molar-refractivity contribution < 1.29 is 0 Å². The Morgan fingerprint density at radius 3 is 2.50 bits per heavy atom. The maximum absolute atomic E-state index is 4.15. The molecule has 16 heavy (non-hydrogen) atoms. The van der Waals surface area contributed by atoms with Crippen molar-refractivity contribution in [2.75, 3.05) is 0 Å². The van der Waals surface area contributed by atoms with E-state index in [0.717, 1.165) is 17.5 Å². The highest BCUT2D eigenvalue weighted by Gasteiger charge is 1.99. The van der Waals surface area contributed by atoms with E-state index in [1.54, 1.807) is 4.68 Å². The Kier molecular flexibility index (Phi) is 3.07. The summed E-state index contributed by atoms with van der Waals surface area (Å²) in [5, 5.41) is 4.15. The van der Waals surface area contributed by atoms with Crippen LogP contribution in [0, 0.1) is 11.8 Å². The van der Waals surface area contributed by atoms with E-state index >= 15 is 0 Å². The van der Waals surface area contributed by atoms with Gasteiger partial charge in [0.1, 0.15) is 0 Å². The number of aryl methyl sites for hydroxylation is 1. The van der Waals surface area contributed by atoms with E-state index in [1.165, 1.54) is 5.56 Å². The van der Waals surface area contributed by atoms with E-state index in [4.69, 9.17) is 0 Å². The summed E-state index contributed by atoms with van der Waals surface area (Å²) >= 11 is 0. The van der Waals surface area contributed by atoms with Gasteiger partial charge in [0.05, 0.1) is 6.20 Å². The van der Waals surface area contributed by atoms with Gasteiger partial charge in [0.2, 0.25) is 0 Å². The molecule has 0 aliphatic heterocycles. The minimum atomic E-state index is 0.893. The van der Waals surface area contributed by atoms with Gasteiger partial charge in [0.15, 0.2) is 0 Å². The van der Waals surface area contributed by atoms with Gasteiger partial charge in [-0.1, -0.05) is 30.9 Å². The first-order valence-corrected chi connectivity index (χ1v) is 5.37. The molecule has 0 saturated heterocycles. The summed E-state index contributed by atoms with van der Waals surface area (Å²) in [5.41, 5.74) is 3.38. The molecule has 2 nitrogen and oxygen atoms in total. The Bertz CT molecular complexity index is 524. The molecule has 0 radical (unpaired) electrons. The number of benzene rings is 1. The molecule has 0 aliphatic carbocycles. The number of aromatic nitrogens is 2. The lowest BCUT2D eigenvalue weighted by Crippen LogP contribution is -1.84. The summed E-state index contributed by atoms with van der Waals surface area (Å²) in [6.45, 7) is 2.05. The van der Waals surface area contributed by atoms with Crippen LogP contribution < -0.4 is 0 Å². The van der Waals surface area contributed by atoms with Gasteiger partial charge in [-0.3, -0.25) is 4.68 Å². The van der Waals surface area contributed by atoms with Crippen molar-refractivity contribution in [3.05, 3.63) is 42.2 Å². The third-order valence-electron chi connectivity index (χ3n) is 2.33. The van der Waals surface area contributed by atoms with E-state index in [-0.39, 0.29) is 0 Å². The van der Waals surface area contributed by atoms with E-state index in [1.807, 2.05) is 31.6 Å². The molecule has 0 spiro atoms. The van der Waals surface area contributed by atoms with Crippen molar-refractivity contribution in [2.45, 2.75) is 13.3 Å². The predicted octanol–water partition coefficient (Wildman–Crippen LogP) is 2.85. The van der Waals surface area contributed by atoms with Gasteiger partial charge in [-0.25, -0.2) is 0 Å². The van der Waals surface area contributed by atoms with Crippen LogP contribution in [0.3, 0.4) is 0 Å². The lowest BCUT2D eigenvalue weighted by atomic mass is 10.1. The lowest BCUT2D eigenvalue weighted by Gasteiger charge is -1.96. The molecule has 1 aromatic carbocycles. The Morgan fingerprint density at radius 1 is 1.19 bits per heavy atom. The smallest absolute Gasteiger partial charge is 0.0568 e. The van der Waals surface area contributed by atoms with Crippen molar-refractivity contribution in [3.63, 3.8) is 0 Å². The van der Waals surface area contributed by atoms with Crippen LogP contribution >= 0.6 is 0 Å². The highest BCUT2D eigenvalue weighted by molar-refractivity contribution is 5.62. The highest BCUT2D eigenvalue weighted by Crippen LogP contribution is 2.18. The predicted molar refractivity (Wildman–Crippen MR) is 65.8 cm³/mol. The first-order valence-electron chi connectivity index (χ1n) is 5.37.